The quantitative estimate of drug-likeness (QED) is 0.585. The zero-order valence-corrected chi connectivity index (χ0v) is 13.8. The molecule has 2 aromatic carbocycles. The van der Waals surface area contributed by atoms with Crippen LogP contribution in [0, 0.1) is 0 Å². The van der Waals surface area contributed by atoms with Crippen molar-refractivity contribution in [2.24, 2.45) is 0 Å². The van der Waals surface area contributed by atoms with E-state index in [-0.39, 0.29) is 11.6 Å². The van der Waals surface area contributed by atoms with Crippen LogP contribution in [-0.4, -0.2) is 11.6 Å². The van der Waals surface area contributed by atoms with Crippen LogP contribution in [0.2, 0.25) is 0 Å². The minimum atomic E-state index is 0.213. The molecule has 0 amide bonds. The average molecular weight is 306 g/mol. The van der Waals surface area contributed by atoms with Gasteiger partial charge < -0.3 is 0 Å². The van der Waals surface area contributed by atoms with Gasteiger partial charge >= 0.3 is 0 Å². The van der Waals surface area contributed by atoms with Gasteiger partial charge in [-0.1, -0.05) is 38.1 Å². The molecule has 0 saturated carbocycles. The number of hydrogen-bond donors (Lipinski definition) is 0. The van der Waals surface area contributed by atoms with Gasteiger partial charge in [-0.2, -0.15) is 0 Å². The maximum Gasteiger partial charge on any atom is 0.162 e. The molecule has 0 bridgehead atoms. The lowest BCUT2D eigenvalue weighted by atomic mass is 9.99. The molecule has 1 aliphatic rings. The Hall–Kier alpha value is -2.22. The minimum absolute atomic E-state index is 0.213. The summed E-state index contributed by atoms with van der Waals surface area (Å²) in [5.74, 6) is 0.426. The Morgan fingerprint density at radius 1 is 0.783 bits per heavy atom. The van der Waals surface area contributed by atoms with Gasteiger partial charge in [0.2, 0.25) is 0 Å². The molecule has 2 aromatic rings. The number of Topliss-reactive ketones (excluding diaryl/α,β-unsaturated/α-hetero) is 2. The van der Waals surface area contributed by atoms with Gasteiger partial charge in [0.15, 0.2) is 11.6 Å². The second-order valence-corrected chi connectivity index (χ2v) is 6.27. The molecule has 0 unspecified atom stereocenters. The van der Waals surface area contributed by atoms with Crippen LogP contribution < -0.4 is 0 Å². The Kier molecular flexibility index (Phi) is 4.42. The van der Waals surface area contributed by atoms with E-state index in [1.54, 1.807) is 0 Å². The monoisotopic (exact) mass is 306 g/mol. The maximum absolute atomic E-state index is 12.1. The van der Waals surface area contributed by atoms with Crippen molar-refractivity contribution in [2.75, 3.05) is 0 Å². The molecular formula is C21H22O2. The van der Waals surface area contributed by atoms with Gasteiger partial charge in [0, 0.05) is 24.0 Å². The molecule has 0 aliphatic heterocycles. The fraction of sp³-hybridized carbons (Fsp3) is 0.333. The van der Waals surface area contributed by atoms with E-state index < -0.39 is 0 Å². The molecular weight excluding hydrogens is 284 g/mol. The molecule has 23 heavy (non-hydrogen) atoms. The lowest BCUT2D eigenvalue weighted by Gasteiger charge is -2.05. The fourth-order valence-corrected chi connectivity index (χ4v) is 3.30. The number of rotatable bonds is 6. The molecule has 0 radical (unpaired) electrons. The Morgan fingerprint density at radius 3 is 1.61 bits per heavy atom. The van der Waals surface area contributed by atoms with Crippen LogP contribution in [0.1, 0.15) is 71.4 Å². The van der Waals surface area contributed by atoms with Gasteiger partial charge in [0.25, 0.3) is 0 Å². The highest BCUT2D eigenvalue weighted by Crippen LogP contribution is 2.37. The van der Waals surface area contributed by atoms with Crippen molar-refractivity contribution in [3.8, 4) is 11.1 Å². The van der Waals surface area contributed by atoms with Crippen molar-refractivity contribution < 1.29 is 9.59 Å². The van der Waals surface area contributed by atoms with Crippen LogP contribution in [0.3, 0.4) is 0 Å². The standard InChI is InChI=1S/C21H22O2/c1-3-5-20(22)14-7-9-18-16(11-14)13-17-12-15(8-10-19(17)18)21(23)6-4-2/h7-12H,3-6,13H2,1-2H3. The summed E-state index contributed by atoms with van der Waals surface area (Å²) in [4.78, 5) is 24.2. The Morgan fingerprint density at radius 2 is 1.22 bits per heavy atom. The minimum Gasteiger partial charge on any atom is -0.294 e. The molecule has 0 saturated heterocycles. The molecule has 0 spiro atoms. The highest BCUT2D eigenvalue weighted by molar-refractivity contribution is 5.99. The Labute approximate surface area is 137 Å². The molecule has 0 atom stereocenters. The van der Waals surface area contributed by atoms with Crippen LogP contribution in [0.4, 0.5) is 0 Å². The van der Waals surface area contributed by atoms with E-state index in [4.69, 9.17) is 0 Å². The third-order valence-corrected chi connectivity index (χ3v) is 4.48. The van der Waals surface area contributed by atoms with E-state index in [2.05, 4.69) is 12.1 Å². The zero-order valence-electron chi connectivity index (χ0n) is 13.8. The number of hydrogen-bond acceptors (Lipinski definition) is 2. The van der Waals surface area contributed by atoms with E-state index in [0.717, 1.165) is 30.4 Å². The second-order valence-electron chi connectivity index (χ2n) is 6.27. The molecule has 0 aromatic heterocycles. The van der Waals surface area contributed by atoms with Gasteiger partial charge in [0.05, 0.1) is 0 Å². The third kappa shape index (κ3) is 2.98. The van der Waals surface area contributed by atoms with Crippen molar-refractivity contribution in [2.45, 2.75) is 46.0 Å². The lowest BCUT2D eigenvalue weighted by Crippen LogP contribution is -1.99. The topological polar surface area (TPSA) is 34.1 Å². The SMILES string of the molecule is CCCC(=O)c1ccc2c(c1)Cc1cc(C(=O)CCC)ccc1-2. The van der Waals surface area contributed by atoms with Crippen LogP contribution in [0.5, 0.6) is 0 Å². The summed E-state index contributed by atoms with van der Waals surface area (Å²) in [7, 11) is 0. The maximum atomic E-state index is 12.1. The van der Waals surface area contributed by atoms with Crippen molar-refractivity contribution in [1.29, 1.82) is 0 Å². The molecule has 2 heteroatoms. The Balaban J connectivity index is 1.91. The molecule has 0 N–H and O–H groups in total. The number of carbonyl (C=O) groups is 2. The summed E-state index contributed by atoms with van der Waals surface area (Å²) >= 11 is 0. The van der Waals surface area contributed by atoms with E-state index in [1.807, 2.05) is 38.1 Å². The molecule has 0 heterocycles. The highest BCUT2D eigenvalue weighted by Gasteiger charge is 2.21. The molecule has 3 rings (SSSR count). The molecule has 1 aliphatic carbocycles. The van der Waals surface area contributed by atoms with Gasteiger partial charge in [0.1, 0.15) is 0 Å². The zero-order chi connectivity index (χ0) is 16.4. The number of fused-ring (bicyclic) bond motifs is 3. The van der Waals surface area contributed by atoms with E-state index >= 15 is 0 Å². The van der Waals surface area contributed by atoms with Crippen molar-refractivity contribution in [3.63, 3.8) is 0 Å². The van der Waals surface area contributed by atoms with Gasteiger partial charge in [-0.05, 0) is 53.6 Å². The molecule has 118 valence electrons. The number of ketones is 2. The predicted molar refractivity (Wildman–Crippen MR) is 93.2 cm³/mol. The third-order valence-electron chi connectivity index (χ3n) is 4.48. The first-order valence-electron chi connectivity index (χ1n) is 8.46. The summed E-state index contributed by atoms with van der Waals surface area (Å²) in [6.07, 6.45) is 3.76. The van der Waals surface area contributed by atoms with Crippen molar-refractivity contribution >= 4 is 11.6 Å². The van der Waals surface area contributed by atoms with Crippen LogP contribution in [0.15, 0.2) is 36.4 Å². The summed E-state index contributed by atoms with van der Waals surface area (Å²) in [5.41, 5.74) is 6.40. The van der Waals surface area contributed by atoms with Gasteiger partial charge in [-0.15, -0.1) is 0 Å². The van der Waals surface area contributed by atoms with Crippen molar-refractivity contribution in [3.05, 3.63) is 58.7 Å². The van der Waals surface area contributed by atoms with Crippen LogP contribution in [-0.2, 0) is 6.42 Å². The molecule has 0 fully saturated rings. The summed E-state index contributed by atoms with van der Waals surface area (Å²) in [5, 5.41) is 0. The molecule has 2 nitrogen and oxygen atoms in total. The van der Waals surface area contributed by atoms with E-state index in [0.29, 0.717) is 12.8 Å². The Bertz CT molecular complexity index is 706. The summed E-state index contributed by atoms with van der Waals surface area (Å²) in [6, 6.07) is 12.0. The number of benzene rings is 2. The fourth-order valence-electron chi connectivity index (χ4n) is 3.30. The second kappa shape index (κ2) is 6.49. The van der Waals surface area contributed by atoms with E-state index in [9.17, 15) is 9.59 Å². The largest absolute Gasteiger partial charge is 0.294 e. The first-order chi connectivity index (χ1) is 11.1. The van der Waals surface area contributed by atoms with Gasteiger partial charge in [-0.3, -0.25) is 9.59 Å². The smallest absolute Gasteiger partial charge is 0.162 e. The summed E-state index contributed by atoms with van der Waals surface area (Å²) in [6.45, 7) is 4.05. The first-order valence-corrected chi connectivity index (χ1v) is 8.46. The average Bonchev–Trinajstić information content (AvgIpc) is 2.91. The highest BCUT2D eigenvalue weighted by atomic mass is 16.1. The van der Waals surface area contributed by atoms with E-state index in [1.165, 1.54) is 22.3 Å². The van der Waals surface area contributed by atoms with Crippen molar-refractivity contribution in [1.82, 2.24) is 0 Å². The first kappa shape index (κ1) is 15.7. The van der Waals surface area contributed by atoms with Crippen LogP contribution in [0.25, 0.3) is 11.1 Å². The van der Waals surface area contributed by atoms with Crippen LogP contribution >= 0.6 is 0 Å². The lowest BCUT2D eigenvalue weighted by molar-refractivity contribution is 0.0973. The normalized spacial score (nSPS) is 11.9. The predicted octanol–water partition coefficient (Wildman–Crippen LogP) is 5.22. The number of carbonyl (C=O) groups excluding carboxylic acids is 2. The van der Waals surface area contributed by atoms with Gasteiger partial charge in [-0.25, -0.2) is 0 Å². The summed E-state index contributed by atoms with van der Waals surface area (Å²) < 4.78 is 0.